The van der Waals surface area contributed by atoms with E-state index in [9.17, 15) is 27.9 Å². The largest absolute Gasteiger partial charge is 0.416 e. The average molecular weight is 629 g/mol. The zero-order chi connectivity index (χ0) is 31.8. The van der Waals surface area contributed by atoms with Crippen LogP contribution in [0.2, 0.25) is 0 Å². The van der Waals surface area contributed by atoms with Gasteiger partial charge in [0.2, 0.25) is 5.91 Å². The van der Waals surface area contributed by atoms with E-state index in [0.717, 1.165) is 88.5 Å². The number of benzene rings is 1. The lowest BCUT2D eigenvalue weighted by molar-refractivity contribution is -0.137. The van der Waals surface area contributed by atoms with Crippen LogP contribution in [0.1, 0.15) is 60.1 Å². The summed E-state index contributed by atoms with van der Waals surface area (Å²) in [6.45, 7) is 6.84. The predicted octanol–water partition coefficient (Wildman–Crippen LogP) is 3.34. The van der Waals surface area contributed by atoms with Gasteiger partial charge in [0, 0.05) is 62.8 Å². The van der Waals surface area contributed by atoms with Gasteiger partial charge in [0.05, 0.1) is 29.7 Å². The first-order valence-electron chi connectivity index (χ1n) is 16.0. The third-order valence-electron chi connectivity index (χ3n) is 10.5. The van der Waals surface area contributed by atoms with Crippen LogP contribution in [0.25, 0.3) is 0 Å². The monoisotopic (exact) mass is 628 g/mol. The molecule has 2 aromatic rings. The fourth-order valence-electron chi connectivity index (χ4n) is 7.58. The molecule has 0 bridgehead atoms. The van der Waals surface area contributed by atoms with E-state index in [1.807, 2.05) is 12.3 Å². The van der Waals surface area contributed by atoms with Crippen LogP contribution in [0.5, 0.6) is 0 Å². The molecule has 1 aromatic heterocycles. The number of aliphatic hydroxyl groups is 1. The number of carbonyl (C=O) groups excluding carboxylic acids is 2. The number of hydrogen-bond donors (Lipinski definition) is 2. The van der Waals surface area contributed by atoms with Gasteiger partial charge in [-0.2, -0.15) is 13.2 Å². The number of hydrogen-bond acceptors (Lipinski definition) is 7. The number of carbonyl (C=O) groups is 2. The normalized spacial score (nSPS) is 28.2. The summed E-state index contributed by atoms with van der Waals surface area (Å²) in [7, 11) is 2.14. The lowest BCUT2D eigenvalue weighted by atomic mass is 9.79. The quantitative estimate of drug-likeness (QED) is 0.507. The zero-order valence-corrected chi connectivity index (χ0v) is 25.9. The van der Waals surface area contributed by atoms with Crippen LogP contribution in [0.4, 0.5) is 18.9 Å². The van der Waals surface area contributed by atoms with E-state index in [2.05, 4.69) is 33.1 Å². The number of halogens is 3. The number of alkyl halides is 3. The SMILES string of the molecule is CN1CCN(c2ccc(C3(O)CCC(N4CCC5(CCN(C(=O)CNC(=O)c6cccc(C(F)(F)F)c6)C5)C4)CC3)nc2)CC1. The molecular formula is C33H43F3N6O3. The second kappa shape index (κ2) is 12.5. The van der Waals surface area contributed by atoms with Crippen molar-refractivity contribution in [1.29, 1.82) is 0 Å². The molecule has 0 radical (unpaired) electrons. The van der Waals surface area contributed by atoms with Crippen LogP contribution in [0.3, 0.4) is 0 Å². The van der Waals surface area contributed by atoms with Crippen molar-refractivity contribution >= 4 is 17.5 Å². The Balaban J connectivity index is 0.967. The van der Waals surface area contributed by atoms with Gasteiger partial charge < -0.3 is 25.1 Å². The highest BCUT2D eigenvalue weighted by Gasteiger charge is 2.47. The zero-order valence-electron chi connectivity index (χ0n) is 25.9. The summed E-state index contributed by atoms with van der Waals surface area (Å²) in [5.74, 6) is -0.923. The Kier molecular flexibility index (Phi) is 8.84. The molecule has 4 aliphatic rings. The molecule has 1 spiro atoms. The molecule has 1 aliphatic carbocycles. The number of pyridine rings is 1. The summed E-state index contributed by atoms with van der Waals surface area (Å²) in [5, 5.41) is 14.0. The second-order valence-electron chi connectivity index (χ2n) is 13.5. The highest BCUT2D eigenvalue weighted by molar-refractivity contribution is 5.96. The first-order valence-corrected chi connectivity index (χ1v) is 16.0. The van der Waals surface area contributed by atoms with Crippen molar-refractivity contribution in [3.63, 3.8) is 0 Å². The van der Waals surface area contributed by atoms with Crippen molar-refractivity contribution in [2.45, 2.75) is 56.3 Å². The number of anilines is 1. The van der Waals surface area contributed by atoms with Gasteiger partial charge >= 0.3 is 6.18 Å². The van der Waals surface area contributed by atoms with Gasteiger partial charge in [-0.15, -0.1) is 0 Å². The minimum absolute atomic E-state index is 0.00903. The minimum Gasteiger partial charge on any atom is -0.384 e. The van der Waals surface area contributed by atoms with E-state index >= 15 is 0 Å². The number of nitrogens with one attached hydrogen (secondary N) is 1. The smallest absolute Gasteiger partial charge is 0.384 e. The lowest BCUT2D eigenvalue weighted by Crippen LogP contribution is -2.44. The number of aromatic nitrogens is 1. The molecule has 1 aromatic carbocycles. The molecule has 9 nitrogen and oxygen atoms in total. The average Bonchev–Trinajstić information content (AvgIpc) is 3.66. The topological polar surface area (TPSA) is 92.3 Å². The maximum atomic E-state index is 13.0. The Bertz CT molecular complexity index is 1370. The van der Waals surface area contributed by atoms with Gasteiger partial charge in [0.1, 0.15) is 5.60 Å². The van der Waals surface area contributed by atoms with Crippen LogP contribution in [-0.4, -0.2) is 109 Å². The number of rotatable bonds is 6. The highest BCUT2D eigenvalue weighted by atomic mass is 19.4. The summed E-state index contributed by atoms with van der Waals surface area (Å²) in [6.07, 6.45) is 2.34. The third-order valence-corrected chi connectivity index (χ3v) is 10.5. The molecule has 4 heterocycles. The Morgan fingerprint density at radius 2 is 1.71 bits per heavy atom. The van der Waals surface area contributed by atoms with Crippen molar-refractivity contribution in [3.05, 3.63) is 59.4 Å². The van der Waals surface area contributed by atoms with Crippen LogP contribution >= 0.6 is 0 Å². The molecule has 3 aliphatic heterocycles. The van der Waals surface area contributed by atoms with Crippen molar-refractivity contribution in [3.8, 4) is 0 Å². The standard InChI is InChI=1S/C33H43F3N6O3/c1-39-15-17-40(18-16-39)27-5-6-28(37-20-27)32(45)9-7-26(8-10-32)41-13-11-31(22-41)12-14-42(23-31)29(43)21-38-30(44)24-3-2-4-25(19-24)33(34,35)36/h2-6,19-20,26,45H,7-18,21-23H2,1H3,(H,38,44). The van der Waals surface area contributed by atoms with E-state index in [1.54, 1.807) is 4.90 Å². The molecule has 1 atom stereocenters. The van der Waals surface area contributed by atoms with Gasteiger partial charge in [0.15, 0.2) is 0 Å². The van der Waals surface area contributed by atoms with E-state index < -0.39 is 23.2 Å². The van der Waals surface area contributed by atoms with Gasteiger partial charge in [-0.25, -0.2) is 0 Å². The Morgan fingerprint density at radius 1 is 0.978 bits per heavy atom. The minimum atomic E-state index is -4.54. The number of likely N-dealkylation sites (tertiary alicyclic amines) is 2. The number of piperazine rings is 1. The summed E-state index contributed by atoms with van der Waals surface area (Å²) < 4.78 is 39.0. The van der Waals surface area contributed by atoms with E-state index in [1.165, 1.54) is 12.1 Å². The molecule has 4 fully saturated rings. The molecule has 6 rings (SSSR count). The Labute approximate surface area is 262 Å². The number of nitrogens with zero attached hydrogens (tertiary/aromatic N) is 5. The number of amides is 2. The first-order chi connectivity index (χ1) is 21.4. The maximum absolute atomic E-state index is 13.0. The van der Waals surface area contributed by atoms with Gasteiger partial charge in [-0.05, 0) is 82.4 Å². The Hall–Kier alpha value is -3.22. The number of likely N-dealkylation sites (N-methyl/N-ethyl adjacent to an activating group) is 1. The molecule has 2 amide bonds. The van der Waals surface area contributed by atoms with E-state index in [4.69, 9.17) is 4.98 Å². The van der Waals surface area contributed by atoms with E-state index in [0.29, 0.717) is 32.0 Å². The fraction of sp³-hybridized carbons (Fsp3) is 0.606. The fourth-order valence-corrected chi connectivity index (χ4v) is 7.58. The van der Waals surface area contributed by atoms with Gasteiger partial charge in [-0.3, -0.25) is 19.5 Å². The van der Waals surface area contributed by atoms with Crippen molar-refractivity contribution in [2.75, 3.05) is 70.9 Å². The molecule has 1 unspecified atom stereocenters. The van der Waals surface area contributed by atoms with Crippen molar-refractivity contribution in [1.82, 2.24) is 25.0 Å². The molecule has 12 heteroatoms. The molecule has 3 saturated heterocycles. The lowest BCUT2D eigenvalue weighted by Gasteiger charge is -2.40. The van der Waals surface area contributed by atoms with Crippen molar-refractivity contribution in [2.24, 2.45) is 5.41 Å². The van der Waals surface area contributed by atoms with Crippen LogP contribution in [0, 0.1) is 5.41 Å². The second-order valence-corrected chi connectivity index (χ2v) is 13.5. The van der Waals surface area contributed by atoms with Crippen LogP contribution in [-0.2, 0) is 16.6 Å². The highest BCUT2D eigenvalue weighted by Crippen LogP contribution is 2.44. The third kappa shape index (κ3) is 6.97. The molecule has 1 saturated carbocycles. The summed E-state index contributed by atoms with van der Waals surface area (Å²) in [6, 6.07) is 8.66. The van der Waals surface area contributed by atoms with Gasteiger partial charge in [0.25, 0.3) is 5.91 Å². The summed E-state index contributed by atoms with van der Waals surface area (Å²) >= 11 is 0. The van der Waals surface area contributed by atoms with Crippen LogP contribution < -0.4 is 10.2 Å². The molecular weight excluding hydrogens is 585 g/mol. The Morgan fingerprint density at radius 3 is 2.40 bits per heavy atom. The van der Waals surface area contributed by atoms with Crippen molar-refractivity contribution < 1.29 is 27.9 Å². The van der Waals surface area contributed by atoms with Crippen LogP contribution in [0.15, 0.2) is 42.6 Å². The van der Waals surface area contributed by atoms with E-state index in [-0.39, 0.29) is 23.4 Å². The van der Waals surface area contributed by atoms with Gasteiger partial charge in [-0.1, -0.05) is 6.07 Å². The molecule has 45 heavy (non-hydrogen) atoms. The molecule has 244 valence electrons. The predicted molar refractivity (Wildman–Crippen MR) is 164 cm³/mol. The maximum Gasteiger partial charge on any atom is 0.416 e. The summed E-state index contributed by atoms with van der Waals surface area (Å²) in [5.41, 5.74) is -0.0719. The molecule has 2 N–H and O–H groups in total. The first kappa shape index (κ1) is 31.7. The summed E-state index contributed by atoms with van der Waals surface area (Å²) in [4.78, 5) is 39.1.